The highest BCUT2D eigenvalue weighted by Gasteiger charge is 2.09. The molecule has 108 valence electrons. The molecule has 0 bridgehead atoms. The van der Waals surface area contributed by atoms with Gasteiger partial charge in [0.05, 0.1) is 0 Å². The molecule has 0 aromatic carbocycles. The standard InChI is InChI=1S/C12H19N7O/c1-3-13-10-16-11(14-7-9(2)8-20)18-12(17-10)19-6-4-5-15-19/h4-6,9,20H,3,7-8H2,1-2H3,(H2,13,14,16,17,18). The lowest BCUT2D eigenvalue weighted by Gasteiger charge is -2.11. The molecule has 2 heterocycles. The van der Waals surface area contributed by atoms with Crippen molar-refractivity contribution in [1.29, 1.82) is 0 Å². The summed E-state index contributed by atoms with van der Waals surface area (Å²) in [5.41, 5.74) is 0. The van der Waals surface area contributed by atoms with Gasteiger partial charge in [-0.2, -0.15) is 20.1 Å². The number of hydrogen-bond donors (Lipinski definition) is 3. The third kappa shape index (κ3) is 3.64. The maximum Gasteiger partial charge on any atom is 0.257 e. The molecule has 0 aliphatic carbocycles. The molecule has 0 aliphatic heterocycles. The molecule has 2 rings (SSSR count). The number of anilines is 2. The molecular weight excluding hydrogens is 258 g/mol. The molecule has 0 spiro atoms. The van der Waals surface area contributed by atoms with E-state index in [9.17, 15) is 0 Å². The second-order valence-corrected chi connectivity index (χ2v) is 4.43. The van der Waals surface area contributed by atoms with Gasteiger partial charge in [-0.15, -0.1) is 0 Å². The van der Waals surface area contributed by atoms with Gasteiger partial charge in [0.1, 0.15) is 0 Å². The second-order valence-electron chi connectivity index (χ2n) is 4.43. The highest BCUT2D eigenvalue weighted by molar-refractivity contribution is 5.37. The van der Waals surface area contributed by atoms with Crippen LogP contribution in [0.2, 0.25) is 0 Å². The van der Waals surface area contributed by atoms with E-state index in [1.165, 1.54) is 0 Å². The average molecular weight is 277 g/mol. The van der Waals surface area contributed by atoms with Crippen molar-refractivity contribution in [3.05, 3.63) is 18.5 Å². The quantitative estimate of drug-likeness (QED) is 0.678. The van der Waals surface area contributed by atoms with Gasteiger partial charge >= 0.3 is 0 Å². The van der Waals surface area contributed by atoms with E-state index in [2.05, 4.69) is 30.7 Å². The first-order valence-corrected chi connectivity index (χ1v) is 6.57. The summed E-state index contributed by atoms with van der Waals surface area (Å²) in [7, 11) is 0. The minimum atomic E-state index is 0.115. The predicted molar refractivity (Wildman–Crippen MR) is 75.9 cm³/mol. The van der Waals surface area contributed by atoms with Crippen LogP contribution in [0.3, 0.4) is 0 Å². The lowest BCUT2D eigenvalue weighted by atomic mass is 10.2. The van der Waals surface area contributed by atoms with Crippen molar-refractivity contribution >= 4 is 11.9 Å². The van der Waals surface area contributed by atoms with Gasteiger partial charge in [0.15, 0.2) is 0 Å². The topological polar surface area (TPSA) is 101 Å². The highest BCUT2D eigenvalue weighted by Crippen LogP contribution is 2.09. The van der Waals surface area contributed by atoms with Crippen LogP contribution in [0.5, 0.6) is 0 Å². The van der Waals surface area contributed by atoms with E-state index < -0.39 is 0 Å². The zero-order chi connectivity index (χ0) is 14.4. The molecule has 0 radical (unpaired) electrons. The highest BCUT2D eigenvalue weighted by atomic mass is 16.3. The van der Waals surface area contributed by atoms with Crippen molar-refractivity contribution in [3.63, 3.8) is 0 Å². The maximum atomic E-state index is 9.04. The van der Waals surface area contributed by atoms with E-state index in [0.717, 1.165) is 6.54 Å². The van der Waals surface area contributed by atoms with E-state index in [0.29, 0.717) is 24.4 Å². The molecule has 8 heteroatoms. The molecule has 1 atom stereocenters. The Balaban J connectivity index is 2.22. The fourth-order valence-electron chi connectivity index (χ4n) is 1.50. The lowest BCUT2D eigenvalue weighted by molar-refractivity contribution is 0.244. The van der Waals surface area contributed by atoms with Gasteiger partial charge in [-0.1, -0.05) is 6.92 Å². The van der Waals surface area contributed by atoms with Crippen molar-refractivity contribution in [1.82, 2.24) is 24.7 Å². The fourth-order valence-corrected chi connectivity index (χ4v) is 1.50. The largest absolute Gasteiger partial charge is 0.396 e. The number of aliphatic hydroxyl groups excluding tert-OH is 1. The van der Waals surface area contributed by atoms with Crippen molar-refractivity contribution in [3.8, 4) is 5.95 Å². The van der Waals surface area contributed by atoms with Crippen LogP contribution in [0.25, 0.3) is 5.95 Å². The van der Waals surface area contributed by atoms with E-state index in [1.54, 1.807) is 23.1 Å². The SMILES string of the molecule is CCNc1nc(NCC(C)CO)nc(-n2cccn2)n1. The van der Waals surface area contributed by atoms with Gasteiger partial charge < -0.3 is 15.7 Å². The first-order chi connectivity index (χ1) is 9.72. The number of hydrogen-bond acceptors (Lipinski definition) is 7. The normalized spacial score (nSPS) is 12.2. The van der Waals surface area contributed by atoms with Gasteiger partial charge in [-0.3, -0.25) is 0 Å². The number of aliphatic hydroxyl groups is 1. The van der Waals surface area contributed by atoms with Gasteiger partial charge in [-0.05, 0) is 18.9 Å². The molecule has 0 aliphatic rings. The molecule has 2 aromatic rings. The van der Waals surface area contributed by atoms with Crippen molar-refractivity contribution in [2.45, 2.75) is 13.8 Å². The minimum absolute atomic E-state index is 0.115. The lowest BCUT2D eigenvalue weighted by Crippen LogP contribution is -2.18. The molecular formula is C12H19N7O. The third-order valence-electron chi connectivity index (χ3n) is 2.59. The number of nitrogens with zero attached hydrogens (tertiary/aromatic N) is 5. The molecule has 2 aromatic heterocycles. The Hall–Kier alpha value is -2.22. The molecule has 0 saturated heterocycles. The van der Waals surface area contributed by atoms with Crippen LogP contribution < -0.4 is 10.6 Å². The molecule has 0 amide bonds. The smallest absolute Gasteiger partial charge is 0.257 e. The Morgan fingerprint density at radius 1 is 1.25 bits per heavy atom. The van der Waals surface area contributed by atoms with E-state index in [1.807, 2.05) is 13.8 Å². The number of rotatable bonds is 7. The summed E-state index contributed by atoms with van der Waals surface area (Å²) in [6, 6.07) is 1.80. The molecule has 1 unspecified atom stereocenters. The van der Waals surface area contributed by atoms with Gasteiger partial charge in [0.2, 0.25) is 11.9 Å². The number of aromatic nitrogens is 5. The van der Waals surface area contributed by atoms with Crippen LogP contribution in [0, 0.1) is 5.92 Å². The Kier molecular flexibility index (Phi) is 4.83. The summed E-state index contributed by atoms with van der Waals surface area (Å²) in [6.45, 7) is 5.33. The predicted octanol–water partition coefficient (Wildman–Crippen LogP) is 0.529. The molecule has 3 N–H and O–H groups in total. The van der Waals surface area contributed by atoms with Crippen LogP contribution in [0.15, 0.2) is 18.5 Å². The third-order valence-corrected chi connectivity index (χ3v) is 2.59. The van der Waals surface area contributed by atoms with Crippen molar-refractivity contribution in [2.75, 3.05) is 30.3 Å². The van der Waals surface area contributed by atoms with Crippen LogP contribution in [0.1, 0.15) is 13.8 Å². The molecule has 0 saturated carbocycles. The molecule has 20 heavy (non-hydrogen) atoms. The number of nitrogens with one attached hydrogen (secondary N) is 2. The molecule has 0 fully saturated rings. The summed E-state index contributed by atoms with van der Waals surface area (Å²) in [5.74, 6) is 1.52. The first kappa shape index (κ1) is 14.2. The Morgan fingerprint density at radius 3 is 2.60 bits per heavy atom. The van der Waals surface area contributed by atoms with Gasteiger partial charge in [-0.25, -0.2) is 4.68 Å². The zero-order valence-corrected chi connectivity index (χ0v) is 11.6. The molecule has 8 nitrogen and oxygen atoms in total. The first-order valence-electron chi connectivity index (χ1n) is 6.57. The van der Waals surface area contributed by atoms with Crippen LogP contribution >= 0.6 is 0 Å². The Labute approximate surface area is 117 Å². The van der Waals surface area contributed by atoms with Crippen molar-refractivity contribution < 1.29 is 5.11 Å². The fraction of sp³-hybridized carbons (Fsp3) is 0.500. The van der Waals surface area contributed by atoms with Crippen molar-refractivity contribution in [2.24, 2.45) is 5.92 Å². The monoisotopic (exact) mass is 277 g/mol. The summed E-state index contributed by atoms with van der Waals surface area (Å²) in [5, 5.41) is 19.3. The van der Waals surface area contributed by atoms with E-state index in [-0.39, 0.29) is 12.5 Å². The van der Waals surface area contributed by atoms with E-state index >= 15 is 0 Å². The van der Waals surface area contributed by atoms with Gasteiger partial charge in [0, 0.05) is 32.1 Å². The maximum absolute atomic E-state index is 9.04. The summed E-state index contributed by atoms with van der Waals surface area (Å²) in [6.07, 6.45) is 3.43. The Bertz CT molecular complexity index is 529. The second kappa shape index (κ2) is 6.80. The van der Waals surface area contributed by atoms with E-state index in [4.69, 9.17) is 5.11 Å². The summed E-state index contributed by atoms with van der Waals surface area (Å²) < 4.78 is 1.57. The average Bonchev–Trinajstić information content (AvgIpc) is 2.99. The van der Waals surface area contributed by atoms with Gasteiger partial charge in [0.25, 0.3) is 5.95 Å². The summed E-state index contributed by atoms with van der Waals surface area (Å²) in [4.78, 5) is 12.9. The van der Waals surface area contributed by atoms with Crippen LogP contribution in [-0.4, -0.2) is 49.5 Å². The Morgan fingerprint density at radius 2 is 2.00 bits per heavy atom. The zero-order valence-electron chi connectivity index (χ0n) is 11.6. The van der Waals surface area contributed by atoms with Crippen LogP contribution in [0.4, 0.5) is 11.9 Å². The minimum Gasteiger partial charge on any atom is -0.396 e. The van der Waals surface area contributed by atoms with Crippen LogP contribution in [-0.2, 0) is 0 Å². The summed E-state index contributed by atoms with van der Waals surface area (Å²) >= 11 is 0.